The molecule has 214 valence electrons. The van der Waals surface area contributed by atoms with Gasteiger partial charge in [-0.25, -0.2) is 4.39 Å². The number of nitrogens with one attached hydrogen (secondary N) is 1. The number of ketones is 1. The van der Waals surface area contributed by atoms with Gasteiger partial charge in [0.15, 0.2) is 0 Å². The molecule has 0 bridgehead atoms. The summed E-state index contributed by atoms with van der Waals surface area (Å²) < 4.78 is 15.0. The molecule has 1 amide bonds. The third kappa shape index (κ3) is 4.51. The second kappa shape index (κ2) is 10.1. The Hall–Kier alpha value is -1.95. The van der Waals surface area contributed by atoms with Gasteiger partial charge in [0.25, 0.3) is 0 Å². The molecule has 3 aliphatic carbocycles. The zero-order chi connectivity index (χ0) is 28.4. The number of halogens is 3. The zero-order valence-electron chi connectivity index (χ0n) is 23.2. The molecule has 6 rings (SSSR count). The lowest BCUT2D eigenvalue weighted by atomic mass is 9.51. The Balaban J connectivity index is 1.53. The van der Waals surface area contributed by atoms with Crippen molar-refractivity contribution in [3.05, 3.63) is 63.4 Å². The van der Waals surface area contributed by atoms with Crippen molar-refractivity contribution in [1.29, 1.82) is 0 Å². The number of anilines is 1. The molecule has 40 heavy (non-hydrogen) atoms. The van der Waals surface area contributed by atoms with Crippen LogP contribution >= 0.6 is 23.2 Å². The Kier molecular flexibility index (Phi) is 7.12. The van der Waals surface area contributed by atoms with Gasteiger partial charge in [0.2, 0.25) is 5.91 Å². The topological polar surface area (TPSA) is 66.4 Å². The van der Waals surface area contributed by atoms with Crippen LogP contribution in [0.3, 0.4) is 0 Å². The summed E-state index contributed by atoms with van der Waals surface area (Å²) in [6.07, 6.45) is 7.31. The fourth-order valence-electron chi connectivity index (χ4n) is 8.80. The third-order valence-corrected chi connectivity index (χ3v) is 11.3. The normalized spacial score (nSPS) is 32.3. The fourth-order valence-corrected chi connectivity index (χ4v) is 9.20. The van der Waals surface area contributed by atoms with Gasteiger partial charge < -0.3 is 10.4 Å². The van der Waals surface area contributed by atoms with Crippen molar-refractivity contribution in [1.82, 2.24) is 0 Å². The van der Waals surface area contributed by atoms with Gasteiger partial charge in [-0.15, -0.1) is 0 Å². The Morgan fingerprint density at radius 1 is 1.00 bits per heavy atom. The van der Waals surface area contributed by atoms with Gasteiger partial charge in [-0.05, 0) is 116 Å². The summed E-state index contributed by atoms with van der Waals surface area (Å²) in [4.78, 5) is 28.9. The molecule has 4 aliphatic rings. The smallest absolute Gasteiger partial charge is 0.236 e. The standard InChI is InChI=1S/C33H38Cl2FNO3/c1-31(2)9-11-32(12-10-31)18-25(28(39)13-19-3-6-24(38)7-4-19)29(20-14-22(35)16-23(36)15-20)33(32)26-8-5-21(34)17-27(26)37-30(33)40/h5,8,14-17,19,24-25,29,38H,3-4,6-7,9-13,18H2,1-2H3,(H,37,40)/t19?,24?,25-,29-,33+/m0/s1. The predicted molar refractivity (Wildman–Crippen MR) is 156 cm³/mol. The predicted octanol–water partition coefficient (Wildman–Crippen LogP) is 8.22. The van der Waals surface area contributed by atoms with E-state index in [-0.39, 0.29) is 34.1 Å². The largest absolute Gasteiger partial charge is 0.393 e. The summed E-state index contributed by atoms with van der Waals surface area (Å²) in [5, 5.41) is 14.0. The van der Waals surface area contributed by atoms with Crippen molar-refractivity contribution >= 4 is 40.6 Å². The summed E-state index contributed by atoms with van der Waals surface area (Å²) in [6, 6.07) is 10.1. The first kappa shape index (κ1) is 28.2. The van der Waals surface area contributed by atoms with Gasteiger partial charge in [0, 0.05) is 34.0 Å². The van der Waals surface area contributed by atoms with Crippen LogP contribution in [-0.4, -0.2) is 22.9 Å². The fraction of sp³-hybridized carbons (Fsp3) is 0.576. The molecule has 4 nitrogen and oxygen atoms in total. The molecule has 0 saturated heterocycles. The summed E-state index contributed by atoms with van der Waals surface area (Å²) in [6.45, 7) is 4.54. The second-order valence-electron chi connectivity index (χ2n) is 13.7. The minimum absolute atomic E-state index is 0.119. The Bertz CT molecular complexity index is 1320. The van der Waals surface area contributed by atoms with Gasteiger partial charge >= 0.3 is 0 Å². The van der Waals surface area contributed by atoms with Crippen LogP contribution in [0.4, 0.5) is 10.1 Å². The molecule has 2 spiro atoms. The maximum absolute atomic E-state index is 15.0. The molecule has 3 atom stereocenters. The lowest BCUT2D eigenvalue weighted by Crippen LogP contribution is -2.52. The number of rotatable bonds is 4. The van der Waals surface area contributed by atoms with Crippen molar-refractivity contribution in [2.75, 3.05) is 5.32 Å². The molecule has 1 heterocycles. The summed E-state index contributed by atoms with van der Waals surface area (Å²) in [5.74, 6) is -1.22. The van der Waals surface area contributed by atoms with Crippen LogP contribution in [0.1, 0.15) is 95.1 Å². The summed E-state index contributed by atoms with van der Waals surface area (Å²) in [7, 11) is 0. The molecule has 2 aromatic carbocycles. The Morgan fingerprint density at radius 3 is 2.38 bits per heavy atom. The second-order valence-corrected chi connectivity index (χ2v) is 14.6. The number of hydrogen-bond acceptors (Lipinski definition) is 3. The van der Waals surface area contributed by atoms with Crippen LogP contribution in [-0.2, 0) is 15.0 Å². The van der Waals surface area contributed by atoms with Crippen LogP contribution in [0.5, 0.6) is 0 Å². The van der Waals surface area contributed by atoms with Crippen molar-refractivity contribution in [2.45, 2.75) is 95.5 Å². The number of Topliss-reactive ketones (excluding diaryl/α,β-unsaturated/α-hetero) is 1. The number of benzene rings is 2. The van der Waals surface area contributed by atoms with Gasteiger partial charge in [-0.2, -0.15) is 0 Å². The molecular formula is C33H38Cl2FNO3. The maximum Gasteiger partial charge on any atom is 0.236 e. The van der Waals surface area contributed by atoms with Gasteiger partial charge in [-0.1, -0.05) is 43.1 Å². The number of carbonyl (C=O) groups is 2. The SMILES string of the molecule is CC1(C)CCC2(CC1)C[C@@H](C(=O)CC1CCC(O)CC1)[C@H](c1cc(F)cc(Cl)c1)[C@]21C(=O)Nc2cc(Cl)ccc21. The molecular weight excluding hydrogens is 548 g/mol. The number of hydrogen-bond donors (Lipinski definition) is 2. The lowest BCUT2D eigenvalue weighted by Gasteiger charge is -2.51. The summed E-state index contributed by atoms with van der Waals surface area (Å²) >= 11 is 12.8. The highest BCUT2D eigenvalue weighted by Gasteiger charge is 2.72. The highest BCUT2D eigenvalue weighted by Crippen LogP contribution is 2.72. The molecule has 0 radical (unpaired) electrons. The average Bonchev–Trinajstić information content (AvgIpc) is 3.34. The van der Waals surface area contributed by atoms with E-state index in [0.717, 1.165) is 44.1 Å². The first-order valence-corrected chi connectivity index (χ1v) is 15.5. The molecule has 2 aromatic rings. The lowest BCUT2D eigenvalue weighted by molar-refractivity contribution is -0.127. The number of amides is 1. The maximum atomic E-state index is 15.0. The number of fused-ring (bicyclic) bond motifs is 3. The van der Waals surface area contributed by atoms with E-state index in [2.05, 4.69) is 19.2 Å². The molecule has 2 N–H and O–H groups in total. The zero-order valence-corrected chi connectivity index (χ0v) is 24.8. The monoisotopic (exact) mass is 585 g/mol. The van der Waals surface area contributed by atoms with Crippen molar-refractivity contribution in [3.63, 3.8) is 0 Å². The van der Waals surface area contributed by atoms with Crippen molar-refractivity contribution in [3.8, 4) is 0 Å². The minimum atomic E-state index is -1.04. The van der Waals surface area contributed by atoms with E-state index >= 15 is 0 Å². The Morgan fingerprint density at radius 2 is 1.70 bits per heavy atom. The van der Waals surface area contributed by atoms with E-state index in [1.165, 1.54) is 12.1 Å². The van der Waals surface area contributed by atoms with E-state index in [1.807, 2.05) is 12.1 Å². The quantitative estimate of drug-likeness (QED) is 0.379. The van der Waals surface area contributed by atoms with Crippen molar-refractivity contribution < 1.29 is 19.1 Å². The van der Waals surface area contributed by atoms with E-state index in [9.17, 15) is 19.1 Å². The van der Waals surface area contributed by atoms with Gasteiger partial charge in [-0.3, -0.25) is 9.59 Å². The summed E-state index contributed by atoms with van der Waals surface area (Å²) in [5.41, 5.74) is 0.809. The highest BCUT2D eigenvalue weighted by molar-refractivity contribution is 6.31. The first-order chi connectivity index (χ1) is 18.9. The molecule has 1 aliphatic heterocycles. The highest BCUT2D eigenvalue weighted by atomic mass is 35.5. The molecule has 7 heteroatoms. The molecule has 3 fully saturated rings. The van der Waals surface area contributed by atoms with Crippen LogP contribution in [0.25, 0.3) is 0 Å². The first-order valence-electron chi connectivity index (χ1n) is 14.7. The number of aliphatic hydroxyl groups is 1. The minimum Gasteiger partial charge on any atom is -0.393 e. The van der Waals surface area contributed by atoms with Crippen LogP contribution in [0.2, 0.25) is 10.0 Å². The molecule has 0 unspecified atom stereocenters. The molecule has 3 saturated carbocycles. The van der Waals surface area contributed by atoms with Crippen LogP contribution in [0.15, 0.2) is 36.4 Å². The van der Waals surface area contributed by atoms with E-state index < -0.39 is 28.5 Å². The van der Waals surface area contributed by atoms with Gasteiger partial charge in [0.05, 0.1) is 11.5 Å². The van der Waals surface area contributed by atoms with E-state index in [1.54, 1.807) is 12.1 Å². The van der Waals surface area contributed by atoms with Crippen molar-refractivity contribution in [2.24, 2.45) is 22.7 Å². The number of aliphatic hydroxyl groups excluding tert-OH is 1. The van der Waals surface area contributed by atoms with E-state index in [4.69, 9.17) is 23.2 Å². The third-order valence-electron chi connectivity index (χ3n) is 10.9. The average molecular weight is 587 g/mol. The Labute approximate surface area is 246 Å². The van der Waals surface area contributed by atoms with Gasteiger partial charge in [0.1, 0.15) is 11.6 Å². The van der Waals surface area contributed by atoms with Crippen LogP contribution in [0, 0.1) is 28.5 Å². The van der Waals surface area contributed by atoms with E-state index in [0.29, 0.717) is 42.0 Å². The number of carbonyl (C=O) groups excluding carboxylic acids is 2. The molecule has 0 aromatic heterocycles. The van der Waals surface area contributed by atoms with Crippen LogP contribution < -0.4 is 5.32 Å².